The number of nitrogens with zero attached hydrogens (tertiary/aromatic N) is 6. The molecule has 14 rings (SSSR count). The van der Waals surface area contributed by atoms with Gasteiger partial charge in [0.1, 0.15) is 0 Å². The van der Waals surface area contributed by atoms with Crippen LogP contribution in [0.25, 0.3) is 21.8 Å². The fourth-order valence-electron chi connectivity index (χ4n) is 15.1. The first-order valence-electron chi connectivity index (χ1n) is 33.9. The van der Waals surface area contributed by atoms with Gasteiger partial charge in [-0.2, -0.15) is 0 Å². The summed E-state index contributed by atoms with van der Waals surface area (Å²) in [7, 11) is 0. The monoisotopic (exact) mass is 1260 g/mol. The van der Waals surface area contributed by atoms with Crippen LogP contribution < -0.4 is 10.6 Å². The van der Waals surface area contributed by atoms with Crippen LogP contribution >= 0.6 is 0 Å². The van der Waals surface area contributed by atoms with Gasteiger partial charge < -0.3 is 45.8 Å². The number of para-hydroxylation sites is 8. The number of nitrogens with one attached hydrogen (secondary N) is 2. The molecular formula is C80H86B2F4N8. The number of rotatable bonds is 14. The van der Waals surface area contributed by atoms with E-state index < -0.39 is 13.9 Å². The molecule has 94 heavy (non-hydrogen) atoms. The van der Waals surface area contributed by atoms with Crippen LogP contribution in [0.2, 0.25) is 0 Å². The molecule has 0 saturated carbocycles. The molecule has 0 unspecified atom stereocenters. The highest BCUT2D eigenvalue weighted by Crippen LogP contribution is 2.52. The van der Waals surface area contributed by atoms with Crippen molar-refractivity contribution in [3.05, 3.63) is 237 Å². The molecule has 10 aromatic rings. The lowest BCUT2D eigenvalue weighted by molar-refractivity contribution is -0.331. The smallest absolute Gasteiger partial charge is 0.389 e. The lowest BCUT2D eigenvalue weighted by atomic mass is 9.82. The number of benzene rings is 8. The van der Waals surface area contributed by atoms with Crippen molar-refractivity contribution in [3.8, 4) is 0 Å². The fraction of sp³-hybridized carbons (Fsp3) is 0.300. The zero-order valence-electron chi connectivity index (χ0n) is 57.1. The second kappa shape index (κ2) is 24.1. The number of hydrogen-bond acceptors (Lipinski definition) is 4. The summed E-state index contributed by atoms with van der Waals surface area (Å²) < 4.78 is 77.8. The molecule has 8 nitrogen and oxygen atoms in total. The third-order valence-corrected chi connectivity index (χ3v) is 19.6. The summed E-state index contributed by atoms with van der Waals surface area (Å²) in [6.07, 6.45) is 0. The highest BCUT2D eigenvalue weighted by molar-refractivity contribution is 6.69. The molecule has 8 aromatic carbocycles. The SMILES string of the molecule is CC(C)c1cccc(C(C)C)c1Nc1c2n(c3ccccc13)[B-](F)(F)[N+](c1c(C(C)C)cccc1C(C)C)=C1C2=Nc2ccccc21.CC(C)c1cccc(C(C)C)c1Nc1c2n(c3ccccc13)[B-](F)(F)[N+](c1c(C(C)C)cccc1C(C)C)=C1C2=Nc2ccccc21. The summed E-state index contributed by atoms with van der Waals surface area (Å²) in [6, 6.07) is 55.3. The predicted molar refractivity (Wildman–Crippen MR) is 389 cm³/mol. The van der Waals surface area contributed by atoms with Gasteiger partial charge in [0.15, 0.2) is 34.2 Å². The van der Waals surface area contributed by atoms with Gasteiger partial charge >= 0.3 is 13.9 Å². The molecule has 4 aliphatic rings. The normalized spacial score (nSPS) is 15.1. The highest BCUT2D eigenvalue weighted by atomic mass is 19.3. The fourth-order valence-corrected chi connectivity index (χ4v) is 15.1. The van der Waals surface area contributed by atoms with Crippen molar-refractivity contribution in [2.75, 3.05) is 10.6 Å². The van der Waals surface area contributed by atoms with Crippen LogP contribution in [0.3, 0.4) is 0 Å². The second-order valence-corrected chi connectivity index (χ2v) is 28.5. The molecule has 0 aliphatic carbocycles. The third kappa shape index (κ3) is 10.1. The molecule has 0 amide bonds. The van der Waals surface area contributed by atoms with Gasteiger partial charge in [-0.05, 0) is 106 Å². The summed E-state index contributed by atoms with van der Waals surface area (Å²) in [6.45, 7) is 25.3. The van der Waals surface area contributed by atoms with Crippen LogP contribution in [0, 0.1) is 0 Å². The Morgan fingerprint density at radius 2 is 0.585 bits per heavy atom. The van der Waals surface area contributed by atoms with Gasteiger partial charge in [-0.15, -0.1) is 0 Å². The van der Waals surface area contributed by atoms with Crippen molar-refractivity contribution < 1.29 is 26.2 Å². The number of aliphatic imine (C=N–C) groups is 2. The molecular weight excluding hydrogens is 1170 g/mol. The number of anilines is 4. The van der Waals surface area contributed by atoms with Crippen molar-refractivity contribution in [1.29, 1.82) is 0 Å². The zero-order chi connectivity index (χ0) is 66.7. The van der Waals surface area contributed by atoms with E-state index in [0.29, 0.717) is 79.4 Å². The summed E-state index contributed by atoms with van der Waals surface area (Å²) in [5.74, 6) is 1.09. The standard InChI is InChI=1S/2C40H43BF2N4/c2*1-23(2)27-17-13-18-28(24(3)4)35(27)45-36-32-16-10-12-22-34(32)46-40(36)37-39(31-15-9-11-21-33(31)44-37)47(41(46,42)43)38-29(25(5)6)19-14-20-30(38)26(7)8/h2*9-26,45H,1-8H3. The maximum atomic E-state index is 18.1. The van der Waals surface area contributed by atoms with Crippen LogP contribution in [0.4, 0.5) is 62.8 Å². The largest absolute Gasteiger partial charge is 0.738 e. The van der Waals surface area contributed by atoms with Gasteiger partial charge in [-0.25, -0.2) is 9.98 Å². The summed E-state index contributed by atoms with van der Waals surface area (Å²) in [4.78, 5) is 10.3. The highest BCUT2D eigenvalue weighted by Gasteiger charge is 2.59. The van der Waals surface area contributed by atoms with Crippen LogP contribution in [0.15, 0.2) is 180 Å². The van der Waals surface area contributed by atoms with Crippen LogP contribution in [0.5, 0.6) is 0 Å². The minimum absolute atomic E-state index is 0.0370. The van der Waals surface area contributed by atoms with E-state index in [1.165, 1.54) is 17.9 Å². The summed E-state index contributed by atoms with van der Waals surface area (Å²) >= 11 is 0. The number of halogens is 4. The number of hydrogen-bond donors (Lipinski definition) is 2. The molecule has 0 fully saturated rings. The van der Waals surface area contributed by atoms with Crippen LogP contribution in [-0.4, -0.2) is 54.7 Å². The minimum atomic E-state index is -4.39. The average molecular weight is 1260 g/mol. The number of aromatic nitrogens is 2. The molecule has 0 spiro atoms. The predicted octanol–water partition coefficient (Wildman–Crippen LogP) is 22.8. The van der Waals surface area contributed by atoms with Gasteiger partial charge in [0.05, 0.1) is 45.3 Å². The Balaban J connectivity index is 0.000000171. The Hall–Kier alpha value is -9.03. The van der Waals surface area contributed by atoms with E-state index in [-0.39, 0.29) is 47.3 Å². The van der Waals surface area contributed by atoms with Gasteiger partial charge in [0.2, 0.25) is 0 Å². The van der Waals surface area contributed by atoms with E-state index in [1.54, 1.807) is 0 Å². The van der Waals surface area contributed by atoms with Crippen molar-refractivity contribution in [1.82, 2.24) is 8.96 Å². The minimum Gasteiger partial charge on any atom is -0.389 e. The lowest BCUT2D eigenvalue weighted by Gasteiger charge is -2.34. The van der Waals surface area contributed by atoms with E-state index in [9.17, 15) is 0 Å². The Bertz CT molecular complexity index is 4430. The summed E-state index contributed by atoms with van der Waals surface area (Å²) in [5, 5.41) is 9.08. The van der Waals surface area contributed by atoms with E-state index in [4.69, 9.17) is 9.98 Å². The topological polar surface area (TPSA) is 64.7 Å². The Labute approximate surface area is 552 Å². The van der Waals surface area contributed by atoms with E-state index in [2.05, 4.69) is 158 Å². The van der Waals surface area contributed by atoms with Crippen molar-refractivity contribution >= 4 is 104 Å². The van der Waals surface area contributed by atoms with Crippen LogP contribution in [-0.2, 0) is 0 Å². The lowest BCUT2D eigenvalue weighted by Crippen LogP contribution is -2.54. The van der Waals surface area contributed by atoms with E-state index in [0.717, 1.165) is 77.8 Å². The molecule has 2 N–H and O–H groups in total. The Morgan fingerprint density at radius 3 is 0.883 bits per heavy atom. The molecule has 0 bridgehead atoms. The molecule has 0 atom stereocenters. The average Bonchev–Trinajstić information content (AvgIpc) is 1.50. The molecule has 480 valence electrons. The molecule has 6 heterocycles. The molecule has 0 saturated heterocycles. The van der Waals surface area contributed by atoms with Gasteiger partial charge in [0, 0.05) is 55.4 Å². The zero-order valence-corrected chi connectivity index (χ0v) is 57.1. The molecule has 4 aliphatic heterocycles. The first kappa shape index (κ1) is 63.7. The second-order valence-electron chi connectivity index (χ2n) is 28.5. The van der Waals surface area contributed by atoms with Gasteiger partial charge in [-0.1, -0.05) is 244 Å². The summed E-state index contributed by atoms with van der Waals surface area (Å²) in [5.41, 5.74) is 19.5. The molecule has 14 heteroatoms. The van der Waals surface area contributed by atoms with E-state index >= 15 is 17.3 Å². The van der Waals surface area contributed by atoms with Crippen molar-refractivity contribution in [2.45, 2.75) is 158 Å². The first-order chi connectivity index (χ1) is 44.9. The first-order valence-corrected chi connectivity index (χ1v) is 33.9. The van der Waals surface area contributed by atoms with Gasteiger partial charge in [0.25, 0.3) is 0 Å². The third-order valence-electron chi connectivity index (χ3n) is 19.6. The quantitative estimate of drug-likeness (QED) is 0.0842. The van der Waals surface area contributed by atoms with Crippen molar-refractivity contribution in [3.63, 3.8) is 0 Å². The molecule has 2 aromatic heterocycles. The van der Waals surface area contributed by atoms with Crippen molar-refractivity contribution in [2.24, 2.45) is 9.98 Å². The Kier molecular flexibility index (Phi) is 16.3. The Morgan fingerprint density at radius 1 is 0.319 bits per heavy atom. The van der Waals surface area contributed by atoms with E-state index in [1.807, 2.05) is 133 Å². The van der Waals surface area contributed by atoms with Crippen LogP contribution in [0.1, 0.15) is 225 Å². The maximum Gasteiger partial charge on any atom is 0.738 e. The molecule has 0 radical (unpaired) electrons. The van der Waals surface area contributed by atoms with Gasteiger partial charge in [-0.3, -0.25) is 0 Å². The number of fused-ring (bicyclic) bond motifs is 14. The maximum absolute atomic E-state index is 18.1.